The standard InChI is InChI=1S/C14H17N3O3/c1-3-11-16-12(14(19)20-2)13(15)17(11)10-6-4-9(8-18)5-7-10/h4-7,18H,3,8,15H2,1-2H3. The number of nitrogen functional groups attached to an aromatic ring is 1. The van der Waals surface area contributed by atoms with Gasteiger partial charge in [0.1, 0.15) is 11.6 Å². The smallest absolute Gasteiger partial charge is 0.360 e. The molecule has 0 aliphatic heterocycles. The molecule has 20 heavy (non-hydrogen) atoms. The number of nitrogens with two attached hydrogens (primary N) is 1. The first-order valence-electron chi connectivity index (χ1n) is 6.28. The number of aryl methyl sites for hydroxylation is 1. The van der Waals surface area contributed by atoms with Crippen LogP contribution in [0.4, 0.5) is 5.82 Å². The van der Waals surface area contributed by atoms with Gasteiger partial charge < -0.3 is 15.6 Å². The summed E-state index contributed by atoms with van der Waals surface area (Å²) in [5, 5.41) is 9.06. The van der Waals surface area contributed by atoms with Crippen LogP contribution in [0.1, 0.15) is 28.8 Å². The number of carbonyl (C=O) groups is 1. The topological polar surface area (TPSA) is 90.4 Å². The largest absolute Gasteiger partial charge is 0.464 e. The molecule has 2 aromatic rings. The van der Waals surface area contributed by atoms with Crippen molar-refractivity contribution < 1.29 is 14.6 Å². The lowest BCUT2D eigenvalue weighted by Crippen LogP contribution is -2.08. The number of hydrogen-bond donors (Lipinski definition) is 2. The van der Waals surface area contributed by atoms with E-state index in [-0.39, 0.29) is 18.1 Å². The Kier molecular flexibility index (Phi) is 4.05. The number of esters is 1. The average molecular weight is 275 g/mol. The number of aliphatic hydroxyl groups excluding tert-OH is 1. The molecule has 1 aromatic heterocycles. The first-order chi connectivity index (χ1) is 9.62. The molecule has 0 saturated heterocycles. The quantitative estimate of drug-likeness (QED) is 0.821. The SMILES string of the molecule is CCc1nc(C(=O)OC)c(N)n1-c1ccc(CO)cc1. The molecule has 0 radical (unpaired) electrons. The Morgan fingerprint density at radius 2 is 2.05 bits per heavy atom. The van der Waals surface area contributed by atoms with Gasteiger partial charge in [0.25, 0.3) is 0 Å². The fourth-order valence-corrected chi connectivity index (χ4v) is 2.00. The second kappa shape index (κ2) is 5.75. The molecule has 0 atom stereocenters. The molecule has 2 rings (SSSR count). The average Bonchev–Trinajstić information content (AvgIpc) is 2.83. The number of aliphatic hydroxyl groups is 1. The van der Waals surface area contributed by atoms with E-state index in [2.05, 4.69) is 9.72 Å². The number of hydrogen-bond acceptors (Lipinski definition) is 5. The van der Waals surface area contributed by atoms with Gasteiger partial charge in [-0.2, -0.15) is 0 Å². The van der Waals surface area contributed by atoms with E-state index < -0.39 is 5.97 Å². The summed E-state index contributed by atoms with van der Waals surface area (Å²) < 4.78 is 6.39. The monoisotopic (exact) mass is 275 g/mol. The van der Waals surface area contributed by atoms with Crippen LogP contribution in [0.2, 0.25) is 0 Å². The van der Waals surface area contributed by atoms with Crippen LogP contribution in [0.3, 0.4) is 0 Å². The van der Waals surface area contributed by atoms with Gasteiger partial charge in [0.2, 0.25) is 0 Å². The summed E-state index contributed by atoms with van der Waals surface area (Å²) in [6.07, 6.45) is 0.628. The second-order valence-electron chi connectivity index (χ2n) is 4.27. The second-order valence-corrected chi connectivity index (χ2v) is 4.27. The number of anilines is 1. The maximum atomic E-state index is 11.6. The van der Waals surface area contributed by atoms with Crippen molar-refractivity contribution in [3.8, 4) is 5.69 Å². The van der Waals surface area contributed by atoms with Crippen molar-refractivity contribution in [2.45, 2.75) is 20.0 Å². The molecule has 0 aliphatic rings. The first kappa shape index (κ1) is 14.1. The third-order valence-corrected chi connectivity index (χ3v) is 3.05. The van der Waals surface area contributed by atoms with E-state index in [1.54, 1.807) is 16.7 Å². The molecular weight excluding hydrogens is 258 g/mol. The molecule has 0 saturated carbocycles. The molecule has 0 spiro atoms. The van der Waals surface area contributed by atoms with E-state index in [4.69, 9.17) is 10.8 Å². The van der Waals surface area contributed by atoms with Crippen LogP contribution in [0.15, 0.2) is 24.3 Å². The van der Waals surface area contributed by atoms with Crippen molar-refractivity contribution >= 4 is 11.8 Å². The zero-order valence-electron chi connectivity index (χ0n) is 11.5. The Hall–Kier alpha value is -2.34. The lowest BCUT2D eigenvalue weighted by atomic mass is 10.2. The molecule has 0 unspecified atom stereocenters. The number of carbonyl (C=O) groups excluding carboxylic acids is 1. The lowest BCUT2D eigenvalue weighted by molar-refractivity contribution is 0.0595. The fraction of sp³-hybridized carbons (Fsp3) is 0.286. The first-order valence-corrected chi connectivity index (χ1v) is 6.28. The third kappa shape index (κ3) is 2.37. The molecule has 0 bridgehead atoms. The Morgan fingerprint density at radius 3 is 2.55 bits per heavy atom. The predicted molar refractivity (Wildman–Crippen MR) is 74.6 cm³/mol. The van der Waals surface area contributed by atoms with Gasteiger partial charge in [-0.25, -0.2) is 9.78 Å². The summed E-state index contributed by atoms with van der Waals surface area (Å²) in [5.41, 5.74) is 7.73. The number of methoxy groups -OCH3 is 1. The van der Waals surface area contributed by atoms with Crippen molar-refractivity contribution in [3.05, 3.63) is 41.3 Å². The number of rotatable bonds is 4. The maximum absolute atomic E-state index is 11.6. The molecule has 1 heterocycles. The minimum atomic E-state index is -0.553. The van der Waals surface area contributed by atoms with E-state index in [9.17, 15) is 4.79 Å². The Bertz CT molecular complexity index is 617. The number of ether oxygens (including phenoxy) is 1. The van der Waals surface area contributed by atoms with Gasteiger partial charge >= 0.3 is 5.97 Å². The molecule has 3 N–H and O–H groups in total. The van der Waals surface area contributed by atoms with Gasteiger partial charge in [0, 0.05) is 12.1 Å². The minimum absolute atomic E-state index is 0.0201. The fourth-order valence-electron chi connectivity index (χ4n) is 2.00. The van der Waals surface area contributed by atoms with Gasteiger partial charge in [-0.1, -0.05) is 19.1 Å². The molecule has 0 amide bonds. The van der Waals surface area contributed by atoms with Crippen molar-refractivity contribution in [2.24, 2.45) is 0 Å². The van der Waals surface area contributed by atoms with Gasteiger partial charge in [-0.15, -0.1) is 0 Å². The van der Waals surface area contributed by atoms with E-state index >= 15 is 0 Å². The van der Waals surface area contributed by atoms with E-state index in [0.717, 1.165) is 11.3 Å². The summed E-state index contributed by atoms with van der Waals surface area (Å²) in [6, 6.07) is 7.24. The molecule has 0 aliphatic carbocycles. The van der Waals surface area contributed by atoms with Gasteiger partial charge in [0.05, 0.1) is 13.7 Å². The van der Waals surface area contributed by atoms with E-state index in [1.165, 1.54) is 7.11 Å². The third-order valence-electron chi connectivity index (χ3n) is 3.05. The molecule has 0 fully saturated rings. The highest BCUT2D eigenvalue weighted by atomic mass is 16.5. The van der Waals surface area contributed by atoms with E-state index in [1.807, 2.05) is 19.1 Å². The Morgan fingerprint density at radius 1 is 1.40 bits per heavy atom. The predicted octanol–water partition coefficient (Wildman–Crippen LogP) is 1.30. The van der Waals surface area contributed by atoms with E-state index in [0.29, 0.717) is 12.2 Å². The summed E-state index contributed by atoms with van der Waals surface area (Å²) in [6.45, 7) is 1.91. The molecule has 1 aromatic carbocycles. The Labute approximate surface area is 116 Å². The normalized spacial score (nSPS) is 10.6. The van der Waals surface area contributed by atoms with Gasteiger partial charge in [-0.3, -0.25) is 4.57 Å². The van der Waals surface area contributed by atoms with Crippen molar-refractivity contribution in [3.63, 3.8) is 0 Å². The summed E-state index contributed by atoms with van der Waals surface area (Å²) in [5.74, 6) is 0.382. The van der Waals surface area contributed by atoms with Crippen LogP contribution >= 0.6 is 0 Å². The summed E-state index contributed by atoms with van der Waals surface area (Å²) >= 11 is 0. The minimum Gasteiger partial charge on any atom is -0.464 e. The van der Waals surface area contributed by atoms with Crippen molar-refractivity contribution in [1.29, 1.82) is 0 Å². The van der Waals surface area contributed by atoms with Crippen LogP contribution in [0.5, 0.6) is 0 Å². The zero-order chi connectivity index (χ0) is 14.7. The molecule has 6 heteroatoms. The summed E-state index contributed by atoms with van der Waals surface area (Å²) in [4.78, 5) is 15.9. The molecule has 106 valence electrons. The zero-order valence-corrected chi connectivity index (χ0v) is 11.5. The van der Waals surface area contributed by atoms with Crippen molar-refractivity contribution in [1.82, 2.24) is 9.55 Å². The summed E-state index contributed by atoms with van der Waals surface area (Å²) in [7, 11) is 1.29. The highest BCUT2D eigenvalue weighted by molar-refractivity contribution is 5.92. The van der Waals surface area contributed by atoms with Gasteiger partial charge in [0.15, 0.2) is 5.69 Å². The molecule has 6 nitrogen and oxygen atoms in total. The number of benzene rings is 1. The van der Waals surface area contributed by atoms with Crippen molar-refractivity contribution in [2.75, 3.05) is 12.8 Å². The number of aromatic nitrogens is 2. The highest BCUT2D eigenvalue weighted by Gasteiger charge is 2.21. The van der Waals surface area contributed by atoms with Crippen LogP contribution in [0.25, 0.3) is 5.69 Å². The number of imidazole rings is 1. The van der Waals surface area contributed by atoms with Crippen LogP contribution in [-0.2, 0) is 17.8 Å². The Balaban J connectivity index is 2.54. The van der Waals surface area contributed by atoms with Gasteiger partial charge in [-0.05, 0) is 17.7 Å². The van der Waals surface area contributed by atoms with Crippen LogP contribution in [0, 0.1) is 0 Å². The molecular formula is C14H17N3O3. The number of nitrogens with zero attached hydrogens (tertiary/aromatic N) is 2. The van der Waals surface area contributed by atoms with Crippen LogP contribution in [-0.4, -0.2) is 27.7 Å². The lowest BCUT2D eigenvalue weighted by Gasteiger charge is -2.09. The van der Waals surface area contributed by atoms with Crippen LogP contribution < -0.4 is 5.73 Å². The highest BCUT2D eigenvalue weighted by Crippen LogP contribution is 2.22. The maximum Gasteiger partial charge on any atom is 0.360 e.